The Morgan fingerprint density at radius 2 is 2.17 bits per heavy atom. The van der Waals surface area contributed by atoms with E-state index >= 15 is 0 Å². The molecule has 0 aliphatic heterocycles. The maximum atomic E-state index is 5.32. The molecule has 0 unspecified atom stereocenters. The van der Waals surface area contributed by atoms with Crippen molar-refractivity contribution in [2.24, 2.45) is 5.14 Å². The van der Waals surface area contributed by atoms with Gasteiger partial charge in [0.05, 0.1) is 0 Å². The Kier molecular flexibility index (Phi) is 3.24. The van der Waals surface area contributed by atoms with E-state index in [-0.39, 0.29) is 0 Å². The quantitative estimate of drug-likeness (QED) is 0.671. The smallest absolute Gasteiger partial charge is 0.226 e. The summed E-state index contributed by atoms with van der Waals surface area (Å²) in [7, 11) is 0. The van der Waals surface area contributed by atoms with Crippen molar-refractivity contribution in [1.82, 2.24) is 15.0 Å². The SMILES string of the molecule is CCNc1nc(C)nc(SN)n1. The van der Waals surface area contributed by atoms with Crippen LogP contribution in [-0.4, -0.2) is 21.5 Å². The first-order valence-electron chi connectivity index (χ1n) is 3.59. The molecule has 3 N–H and O–H groups in total. The van der Waals surface area contributed by atoms with Crippen LogP contribution in [0, 0.1) is 6.92 Å². The third-order valence-corrected chi connectivity index (χ3v) is 1.56. The number of nitrogens with one attached hydrogen (secondary N) is 1. The van der Waals surface area contributed by atoms with Crippen LogP contribution in [-0.2, 0) is 0 Å². The summed E-state index contributed by atoms with van der Waals surface area (Å²) >= 11 is 1.02. The maximum Gasteiger partial charge on any atom is 0.226 e. The molecule has 66 valence electrons. The molecule has 0 aliphatic rings. The van der Waals surface area contributed by atoms with E-state index in [0.29, 0.717) is 16.9 Å². The van der Waals surface area contributed by atoms with Gasteiger partial charge in [-0.3, -0.25) is 5.14 Å². The minimum absolute atomic E-state index is 0.540. The zero-order valence-corrected chi connectivity index (χ0v) is 7.85. The minimum atomic E-state index is 0.540. The maximum absolute atomic E-state index is 5.32. The van der Waals surface area contributed by atoms with Crippen molar-refractivity contribution in [1.29, 1.82) is 0 Å². The predicted molar refractivity (Wildman–Crippen MR) is 48.8 cm³/mol. The average Bonchev–Trinajstić information content (AvgIpc) is 2.04. The summed E-state index contributed by atoms with van der Waals surface area (Å²) < 4.78 is 0. The van der Waals surface area contributed by atoms with Gasteiger partial charge in [-0.1, -0.05) is 0 Å². The van der Waals surface area contributed by atoms with Crippen molar-refractivity contribution < 1.29 is 0 Å². The van der Waals surface area contributed by atoms with E-state index in [1.807, 2.05) is 13.8 Å². The first kappa shape index (κ1) is 9.21. The van der Waals surface area contributed by atoms with Gasteiger partial charge in [-0.25, -0.2) is 4.98 Å². The topological polar surface area (TPSA) is 76.7 Å². The second-order valence-corrected chi connectivity index (χ2v) is 2.74. The van der Waals surface area contributed by atoms with Crippen molar-refractivity contribution in [3.8, 4) is 0 Å². The lowest BCUT2D eigenvalue weighted by Crippen LogP contribution is -2.06. The number of anilines is 1. The van der Waals surface area contributed by atoms with Crippen LogP contribution in [0.25, 0.3) is 0 Å². The second-order valence-electron chi connectivity index (χ2n) is 2.14. The molecule has 1 rings (SSSR count). The molecule has 0 saturated heterocycles. The highest BCUT2D eigenvalue weighted by Crippen LogP contribution is 2.07. The van der Waals surface area contributed by atoms with Crippen molar-refractivity contribution in [2.45, 2.75) is 19.0 Å². The van der Waals surface area contributed by atoms with Gasteiger partial charge in [0.2, 0.25) is 11.1 Å². The van der Waals surface area contributed by atoms with Gasteiger partial charge in [0.1, 0.15) is 5.82 Å². The van der Waals surface area contributed by atoms with Gasteiger partial charge in [-0.2, -0.15) is 9.97 Å². The molecule has 1 aromatic heterocycles. The van der Waals surface area contributed by atoms with Crippen LogP contribution in [0.5, 0.6) is 0 Å². The van der Waals surface area contributed by atoms with Crippen LogP contribution in [0.15, 0.2) is 5.16 Å². The molecule has 0 fully saturated rings. The minimum Gasteiger partial charge on any atom is -0.354 e. The van der Waals surface area contributed by atoms with Gasteiger partial charge < -0.3 is 5.32 Å². The third kappa shape index (κ3) is 2.31. The fourth-order valence-electron chi connectivity index (χ4n) is 0.747. The number of hydrogen-bond donors (Lipinski definition) is 2. The summed E-state index contributed by atoms with van der Waals surface area (Å²) in [4.78, 5) is 12.1. The Hall–Kier alpha value is -0.880. The molecule has 0 atom stereocenters. The summed E-state index contributed by atoms with van der Waals surface area (Å²) in [5.41, 5.74) is 0. The molecule has 0 radical (unpaired) electrons. The van der Waals surface area contributed by atoms with Crippen molar-refractivity contribution in [3.05, 3.63) is 5.82 Å². The van der Waals surface area contributed by atoms with Gasteiger partial charge >= 0.3 is 0 Å². The summed E-state index contributed by atoms with van der Waals surface area (Å²) in [6, 6.07) is 0. The molecular formula is C6H11N5S. The molecule has 6 heteroatoms. The zero-order valence-electron chi connectivity index (χ0n) is 7.03. The van der Waals surface area contributed by atoms with Crippen molar-refractivity contribution in [3.63, 3.8) is 0 Å². The van der Waals surface area contributed by atoms with E-state index in [9.17, 15) is 0 Å². The Morgan fingerprint density at radius 3 is 2.75 bits per heavy atom. The monoisotopic (exact) mass is 185 g/mol. The lowest BCUT2D eigenvalue weighted by molar-refractivity contribution is 0.857. The van der Waals surface area contributed by atoms with E-state index in [2.05, 4.69) is 20.3 Å². The number of nitrogens with zero attached hydrogens (tertiary/aromatic N) is 3. The first-order chi connectivity index (χ1) is 5.76. The summed E-state index contributed by atoms with van der Waals surface area (Å²) in [5, 5.41) is 8.85. The molecule has 0 spiro atoms. The normalized spacial score (nSPS) is 9.92. The fraction of sp³-hybridized carbons (Fsp3) is 0.500. The van der Waals surface area contributed by atoms with Crippen LogP contribution >= 0.6 is 11.9 Å². The number of nitrogens with two attached hydrogens (primary N) is 1. The predicted octanol–water partition coefficient (Wildman–Crippen LogP) is 0.578. The van der Waals surface area contributed by atoms with Gasteiger partial charge in [-0.15, -0.1) is 0 Å². The highest BCUT2D eigenvalue weighted by molar-refractivity contribution is 7.96. The molecule has 0 amide bonds. The number of aryl methyl sites for hydroxylation is 1. The molecule has 0 aliphatic carbocycles. The van der Waals surface area contributed by atoms with Crippen LogP contribution in [0.3, 0.4) is 0 Å². The third-order valence-electron chi connectivity index (χ3n) is 1.17. The second kappa shape index (κ2) is 4.22. The van der Waals surface area contributed by atoms with Crippen LogP contribution in [0.4, 0.5) is 5.95 Å². The van der Waals surface area contributed by atoms with E-state index in [1.54, 1.807) is 0 Å². The highest BCUT2D eigenvalue weighted by Gasteiger charge is 2.00. The molecule has 0 saturated carbocycles. The van der Waals surface area contributed by atoms with Crippen molar-refractivity contribution in [2.75, 3.05) is 11.9 Å². The first-order valence-corrected chi connectivity index (χ1v) is 4.47. The standard InChI is InChI=1S/C6H11N5S/c1-3-8-5-9-4(2)10-6(11-5)12-7/h3,7H2,1-2H3,(H,8,9,10,11). The largest absolute Gasteiger partial charge is 0.354 e. The van der Waals surface area contributed by atoms with Crippen molar-refractivity contribution >= 4 is 17.9 Å². The molecule has 12 heavy (non-hydrogen) atoms. The Bertz CT molecular complexity index is 264. The molecule has 1 heterocycles. The number of rotatable bonds is 3. The van der Waals surface area contributed by atoms with Crippen LogP contribution < -0.4 is 10.5 Å². The molecule has 1 aromatic rings. The summed E-state index contributed by atoms with van der Waals surface area (Å²) in [6.07, 6.45) is 0. The van der Waals surface area contributed by atoms with Gasteiger partial charge in [0, 0.05) is 6.54 Å². The summed E-state index contributed by atoms with van der Waals surface area (Å²) in [6.45, 7) is 4.58. The number of hydrogen-bond acceptors (Lipinski definition) is 6. The van der Waals surface area contributed by atoms with Crippen LogP contribution in [0.1, 0.15) is 12.7 Å². The zero-order chi connectivity index (χ0) is 8.97. The van der Waals surface area contributed by atoms with Gasteiger partial charge in [-0.05, 0) is 25.8 Å². The Morgan fingerprint density at radius 1 is 1.42 bits per heavy atom. The summed E-state index contributed by atoms with van der Waals surface area (Å²) in [5.74, 6) is 1.26. The fourth-order valence-corrected chi connectivity index (χ4v) is 1.07. The Labute approximate surface area is 75.3 Å². The van der Waals surface area contributed by atoms with E-state index in [1.165, 1.54) is 0 Å². The van der Waals surface area contributed by atoms with E-state index in [4.69, 9.17) is 5.14 Å². The molecule has 0 aromatic carbocycles. The molecule has 5 nitrogen and oxygen atoms in total. The highest BCUT2D eigenvalue weighted by atomic mass is 32.2. The number of aromatic nitrogens is 3. The molecular weight excluding hydrogens is 174 g/mol. The van der Waals surface area contributed by atoms with E-state index < -0.39 is 0 Å². The average molecular weight is 185 g/mol. The van der Waals surface area contributed by atoms with Crippen LogP contribution in [0.2, 0.25) is 0 Å². The van der Waals surface area contributed by atoms with Gasteiger partial charge in [0.25, 0.3) is 0 Å². The Balaban J connectivity index is 2.90. The lowest BCUT2D eigenvalue weighted by Gasteiger charge is -2.02. The van der Waals surface area contributed by atoms with Gasteiger partial charge in [0.15, 0.2) is 0 Å². The lowest BCUT2D eigenvalue weighted by atomic mass is 10.7. The molecule has 0 bridgehead atoms. The van der Waals surface area contributed by atoms with E-state index in [0.717, 1.165) is 18.5 Å².